The van der Waals surface area contributed by atoms with Crippen molar-refractivity contribution in [3.63, 3.8) is 0 Å². The predicted octanol–water partition coefficient (Wildman–Crippen LogP) is 4.06. The monoisotopic (exact) mass is 350 g/mol. The summed E-state index contributed by atoms with van der Waals surface area (Å²) in [6, 6.07) is 12.0. The van der Waals surface area contributed by atoms with Gasteiger partial charge in [-0.2, -0.15) is 0 Å². The summed E-state index contributed by atoms with van der Waals surface area (Å²) in [6.45, 7) is 1.25. The Hall–Kier alpha value is -2.36. The number of hydrogen-bond acceptors (Lipinski definition) is 3. The molecule has 2 aliphatic carbocycles. The topological polar surface area (TPSA) is 42.4 Å². The van der Waals surface area contributed by atoms with Gasteiger partial charge >= 0.3 is 0 Å². The van der Waals surface area contributed by atoms with Crippen LogP contribution in [0.1, 0.15) is 36.8 Å². The normalized spacial score (nSPS) is 23.8. The molecule has 136 valence electrons. The molecule has 0 radical (unpaired) electrons. The summed E-state index contributed by atoms with van der Waals surface area (Å²) in [5, 5.41) is 0. The second-order valence-electron chi connectivity index (χ2n) is 7.54. The molecule has 0 saturated heterocycles. The number of benzene rings is 1. The highest BCUT2D eigenvalue weighted by Gasteiger charge is 2.55. The van der Waals surface area contributed by atoms with Gasteiger partial charge in [-0.15, -0.1) is 0 Å². The van der Waals surface area contributed by atoms with Crippen molar-refractivity contribution in [3.05, 3.63) is 59.9 Å². The predicted molar refractivity (Wildman–Crippen MR) is 100 cm³/mol. The Morgan fingerprint density at radius 1 is 1.08 bits per heavy atom. The van der Waals surface area contributed by atoms with Crippen LogP contribution in [0.15, 0.2) is 48.8 Å². The van der Waals surface area contributed by atoms with Gasteiger partial charge in [-0.05, 0) is 54.0 Å². The van der Waals surface area contributed by atoms with Gasteiger partial charge in [-0.3, -0.25) is 9.78 Å². The maximum Gasteiger partial charge on any atom is 0.226 e. The Morgan fingerprint density at radius 2 is 1.77 bits per heavy atom. The molecule has 0 spiro atoms. The zero-order valence-electron chi connectivity index (χ0n) is 15.3. The number of pyridine rings is 1. The molecular weight excluding hydrogens is 324 g/mol. The number of carbonyl (C=O) groups excluding carboxylic acids is 1. The van der Waals surface area contributed by atoms with Gasteiger partial charge in [0.2, 0.25) is 5.91 Å². The van der Waals surface area contributed by atoms with Crippen LogP contribution in [0.5, 0.6) is 5.75 Å². The molecule has 1 heterocycles. The van der Waals surface area contributed by atoms with Crippen molar-refractivity contribution >= 4 is 5.91 Å². The highest BCUT2D eigenvalue weighted by Crippen LogP contribution is 2.56. The fourth-order valence-electron chi connectivity index (χ4n) is 4.44. The maximum atomic E-state index is 13.3. The molecule has 0 aliphatic heterocycles. The minimum absolute atomic E-state index is 0.243. The smallest absolute Gasteiger partial charge is 0.226 e. The standard InChI is InChI=1S/C22H26N2O2/c1-26-18-10-8-16(9-11-18)14-24(15-17-5-4-12-23-13-17)22(25)21-19-6-2-3-7-20(19)21/h4-5,8-13,19-21H,2-3,6-7,14-15H2,1H3/t19-,20-/m1/s1. The first-order chi connectivity index (χ1) is 12.8. The first-order valence-corrected chi connectivity index (χ1v) is 9.57. The Labute approximate surface area is 155 Å². The number of rotatable bonds is 6. The number of amides is 1. The van der Waals surface area contributed by atoms with E-state index < -0.39 is 0 Å². The minimum Gasteiger partial charge on any atom is -0.497 e. The van der Waals surface area contributed by atoms with Crippen LogP contribution >= 0.6 is 0 Å². The van der Waals surface area contributed by atoms with E-state index in [0.717, 1.165) is 16.9 Å². The Balaban J connectivity index is 1.51. The first-order valence-electron chi connectivity index (χ1n) is 9.57. The van der Waals surface area contributed by atoms with Gasteiger partial charge in [0.25, 0.3) is 0 Å². The van der Waals surface area contributed by atoms with Crippen molar-refractivity contribution in [2.75, 3.05) is 7.11 Å². The fraction of sp³-hybridized carbons (Fsp3) is 0.455. The lowest BCUT2D eigenvalue weighted by Gasteiger charge is -2.23. The molecule has 26 heavy (non-hydrogen) atoms. The van der Waals surface area contributed by atoms with Crippen LogP contribution in [0.3, 0.4) is 0 Å². The molecule has 4 rings (SSSR count). The molecule has 2 saturated carbocycles. The first kappa shape index (κ1) is 17.1. The van der Waals surface area contributed by atoms with Gasteiger partial charge in [-0.25, -0.2) is 0 Å². The third-order valence-corrected chi connectivity index (χ3v) is 5.88. The molecule has 1 aromatic carbocycles. The summed E-state index contributed by atoms with van der Waals surface area (Å²) in [7, 11) is 1.67. The number of aromatic nitrogens is 1. The van der Waals surface area contributed by atoms with E-state index in [9.17, 15) is 4.79 Å². The van der Waals surface area contributed by atoms with Crippen molar-refractivity contribution in [2.24, 2.45) is 17.8 Å². The van der Waals surface area contributed by atoms with Crippen LogP contribution in [-0.4, -0.2) is 22.9 Å². The Kier molecular flexibility index (Phi) is 4.91. The molecular formula is C22H26N2O2. The number of fused-ring (bicyclic) bond motifs is 1. The number of hydrogen-bond donors (Lipinski definition) is 0. The van der Waals surface area contributed by atoms with Crippen LogP contribution in [0.25, 0.3) is 0 Å². The molecule has 4 heteroatoms. The van der Waals surface area contributed by atoms with E-state index in [1.165, 1.54) is 25.7 Å². The Bertz CT molecular complexity index is 732. The summed E-state index contributed by atoms with van der Waals surface area (Å²) < 4.78 is 5.24. The van der Waals surface area contributed by atoms with Gasteiger partial charge in [0.1, 0.15) is 5.75 Å². The lowest BCUT2D eigenvalue weighted by atomic mass is 10.0. The molecule has 0 unspecified atom stereocenters. The lowest BCUT2D eigenvalue weighted by molar-refractivity contribution is -0.134. The average Bonchev–Trinajstić information content (AvgIpc) is 3.43. The van der Waals surface area contributed by atoms with Crippen LogP contribution in [0, 0.1) is 17.8 Å². The third kappa shape index (κ3) is 3.59. The van der Waals surface area contributed by atoms with Gasteiger partial charge in [0.05, 0.1) is 7.11 Å². The summed E-state index contributed by atoms with van der Waals surface area (Å²) >= 11 is 0. The molecule has 2 aromatic rings. The molecule has 4 nitrogen and oxygen atoms in total. The number of methoxy groups -OCH3 is 1. The molecule has 2 aliphatic rings. The van der Waals surface area contributed by atoms with Crippen LogP contribution in [-0.2, 0) is 17.9 Å². The van der Waals surface area contributed by atoms with Crippen molar-refractivity contribution in [3.8, 4) is 5.75 Å². The number of nitrogens with zero attached hydrogens (tertiary/aromatic N) is 2. The molecule has 2 atom stereocenters. The van der Waals surface area contributed by atoms with Crippen molar-refractivity contribution in [1.82, 2.24) is 9.88 Å². The van der Waals surface area contributed by atoms with E-state index in [-0.39, 0.29) is 5.92 Å². The van der Waals surface area contributed by atoms with E-state index in [1.807, 2.05) is 47.5 Å². The zero-order valence-corrected chi connectivity index (χ0v) is 15.3. The van der Waals surface area contributed by atoms with Crippen LogP contribution in [0.4, 0.5) is 0 Å². The summed E-state index contributed by atoms with van der Waals surface area (Å²) in [6.07, 6.45) is 8.65. The summed E-state index contributed by atoms with van der Waals surface area (Å²) in [4.78, 5) is 19.5. The van der Waals surface area contributed by atoms with Crippen LogP contribution < -0.4 is 4.74 Å². The second-order valence-corrected chi connectivity index (χ2v) is 7.54. The van der Waals surface area contributed by atoms with E-state index in [2.05, 4.69) is 4.98 Å². The van der Waals surface area contributed by atoms with Crippen molar-refractivity contribution < 1.29 is 9.53 Å². The minimum atomic E-state index is 0.243. The van der Waals surface area contributed by atoms with Crippen molar-refractivity contribution in [1.29, 1.82) is 0 Å². The second kappa shape index (κ2) is 7.48. The SMILES string of the molecule is COc1ccc(CN(Cc2cccnc2)C(=O)C2[C@@H]3CCCC[C@@H]23)cc1. The van der Waals surface area contributed by atoms with Crippen LogP contribution in [0.2, 0.25) is 0 Å². The highest BCUT2D eigenvalue weighted by atomic mass is 16.5. The van der Waals surface area contributed by atoms with Gasteiger partial charge in [0.15, 0.2) is 0 Å². The fourth-order valence-corrected chi connectivity index (χ4v) is 4.44. The quantitative estimate of drug-likeness (QED) is 0.789. The zero-order chi connectivity index (χ0) is 17.9. The van der Waals surface area contributed by atoms with E-state index in [0.29, 0.717) is 30.8 Å². The molecule has 1 amide bonds. The largest absolute Gasteiger partial charge is 0.497 e. The van der Waals surface area contributed by atoms with E-state index in [4.69, 9.17) is 4.74 Å². The number of carbonyl (C=O) groups is 1. The van der Waals surface area contributed by atoms with Crippen molar-refractivity contribution in [2.45, 2.75) is 38.8 Å². The van der Waals surface area contributed by atoms with Gasteiger partial charge < -0.3 is 9.64 Å². The maximum absolute atomic E-state index is 13.3. The molecule has 0 bridgehead atoms. The molecule has 1 aromatic heterocycles. The molecule has 0 N–H and O–H groups in total. The summed E-state index contributed by atoms with van der Waals surface area (Å²) in [5.74, 6) is 2.66. The van der Waals surface area contributed by atoms with Gasteiger partial charge in [0, 0.05) is 31.4 Å². The lowest BCUT2D eigenvalue weighted by Crippen LogP contribution is -2.32. The average molecular weight is 350 g/mol. The third-order valence-electron chi connectivity index (χ3n) is 5.88. The summed E-state index contributed by atoms with van der Waals surface area (Å²) in [5.41, 5.74) is 2.21. The van der Waals surface area contributed by atoms with E-state index >= 15 is 0 Å². The Morgan fingerprint density at radius 3 is 2.38 bits per heavy atom. The number of ether oxygens (including phenoxy) is 1. The highest BCUT2D eigenvalue weighted by molar-refractivity contribution is 5.82. The van der Waals surface area contributed by atoms with Gasteiger partial charge in [-0.1, -0.05) is 31.0 Å². The molecule has 2 fully saturated rings. The van der Waals surface area contributed by atoms with E-state index in [1.54, 1.807) is 13.3 Å².